The second kappa shape index (κ2) is 6.36. The highest BCUT2D eigenvalue weighted by Crippen LogP contribution is 2.39. The number of rotatable bonds is 2. The molecule has 0 atom stereocenters. The van der Waals surface area contributed by atoms with Gasteiger partial charge in [-0.25, -0.2) is 9.97 Å². The van der Waals surface area contributed by atoms with Crippen LogP contribution < -0.4 is 0 Å². The van der Waals surface area contributed by atoms with E-state index in [0.29, 0.717) is 11.4 Å². The van der Waals surface area contributed by atoms with Gasteiger partial charge in [-0.05, 0) is 30.5 Å². The Balaban J connectivity index is 1.82. The van der Waals surface area contributed by atoms with E-state index in [0.717, 1.165) is 35.4 Å². The zero-order valence-corrected chi connectivity index (χ0v) is 14.8. The van der Waals surface area contributed by atoms with Gasteiger partial charge in [-0.15, -0.1) is 0 Å². The van der Waals surface area contributed by atoms with E-state index in [-0.39, 0.29) is 5.75 Å². The molecule has 1 aliphatic carbocycles. The quantitative estimate of drug-likeness (QED) is 0.535. The molecule has 3 aromatic carbocycles. The molecule has 0 fully saturated rings. The molecule has 0 saturated heterocycles. The number of phenolic OH excluding ortho intramolecular Hbond substituents is 1. The van der Waals surface area contributed by atoms with Crippen molar-refractivity contribution in [2.45, 2.75) is 12.8 Å². The van der Waals surface area contributed by atoms with Crippen molar-refractivity contribution in [3.05, 3.63) is 90.0 Å². The molecule has 5 rings (SSSR count). The highest BCUT2D eigenvalue weighted by molar-refractivity contribution is 5.80. The Morgan fingerprint density at radius 1 is 0.630 bits per heavy atom. The summed E-state index contributed by atoms with van der Waals surface area (Å²) in [5.41, 5.74) is 7.31. The molecule has 130 valence electrons. The van der Waals surface area contributed by atoms with Crippen LogP contribution >= 0.6 is 0 Å². The SMILES string of the molecule is Oc1ccccc1-c1nc(-c2ccccc2)c2c(n1)-c1ccccc1CC2. The van der Waals surface area contributed by atoms with Crippen LogP contribution in [0.4, 0.5) is 0 Å². The summed E-state index contributed by atoms with van der Waals surface area (Å²) in [5.74, 6) is 0.753. The molecule has 0 radical (unpaired) electrons. The fourth-order valence-electron chi connectivity index (χ4n) is 3.79. The normalized spacial score (nSPS) is 12.3. The predicted octanol–water partition coefficient (Wildman–Crippen LogP) is 5.28. The molecule has 27 heavy (non-hydrogen) atoms. The molecule has 3 nitrogen and oxygen atoms in total. The van der Waals surface area contributed by atoms with E-state index < -0.39 is 0 Å². The second-order valence-electron chi connectivity index (χ2n) is 6.76. The lowest BCUT2D eigenvalue weighted by Gasteiger charge is -2.22. The molecule has 0 unspecified atom stereocenters. The van der Waals surface area contributed by atoms with Gasteiger partial charge in [0, 0.05) is 16.7 Å². The maximum atomic E-state index is 10.3. The Labute approximate surface area is 158 Å². The van der Waals surface area contributed by atoms with Crippen molar-refractivity contribution in [2.75, 3.05) is 0 Å². The van der Waals surface area contributed by atoms with Crippen molar-refractivity contribution in [1.29, 1.82) is 0 Å². The molecule has 0 amide bonds. The lowest BCUT2D eigenvalue weighted by molar-refractivity contribution is 0.477. The summed E-state index contributed by atoms with van der Waals surface area (Å²) in [6, 6.07) is 25.9. The second-order valence-corrected chi connectivity index (χ2v) is 6.76. The largest absolute Gasteiger partial charge is 0.507 e. The van der Waals surface area contributed by atoms with Crippen LogP contribution in [0.2, 0.25) is 0 Å². The molecule has 0 bridgehead atoms. The van der Waals surface area contributed by atoms with E-state index in [9.17, 15) is 5.11 Å². The number of nitrogens with zero attached hydrogens (tertiary/aromatic N) is 2. The van der Waals surface area contributed by atoms with Crippen LogP contribution in [0.1, 0.15) is 11.1 Å². The Morgan fingerprint density at radius 3 is 2.11 bits per heavy atom. The van der Waals surface area contributed by atoms with Crippen LogP contribution in [0.25, 0.3) is 33.9 Å². The topological polar surface area (TPSA) is 46.0 Å². The van der Waals surface area contributed by atoms with Crippen LogP contribution in [-0.2, 0) is 12.8 Å². The zero-order chi connectivity index (χ0) is 18.2. The Hall–Kier alpha value is -3.46. The van der Waals surface area contributed by atoms with Crippen molar-refractivity contribution in [2.24, 2.45) is 0 Å². The van der Waals surface area contributed by atoms with E-state index in [2.05, 4.69) is 36.4 Å². The van der Waals surface area contributed by atoms with Gasteiger partial charge in [0.15, 0.2) is 5.82 Å². The van der Waals surface area contributed by atoms with Crippen molar-refractivity contribution in [1.82, 2.24) is 9.97 Å². The number of aryl methyl sites for hydroxylation is 1. The van der Waals surface area contributed by atoms with Gasteiger partial charge in [-0.2, -0.15) is 0 Å². The average molecular weight is 350 g/mol. The van der Waals surface area contributed by atoms with Crippen LogP contribution in [0.3, 0.4) is 0 Å². The molecule has 0 aliphatic heterocycles. The molecular formula is C24H18N2O. The highest BCUT2D eigenvalue weighted by atomic mass is 16.3. The summed E-state index contributed by atoms with van der Waals surface area (Å²) in [4.78, 5) is 9.79. The molecule has 3 heteroatoms. The van der Waals surface area contributed by atoms with Crippen molar-refractivity contribution in [3.63, 3.8) is 0 Å². The minimum Gasteiger partial charge on any atom is -0.507 e. The predicted molar refractivity (Wildman–Crippen MR) is 107 cm³/mol. The number of hydrogen-bond donors (Lipinski definition) is 1. The summed E-state index contributed by atoms with van der Waals surface area (Å²) in [5, 5.41) is 10.3. The third kappa shape index (κ3) is 2.68. The van der Waals surface area contributed by atoms with Gasteiger partial charge in [-0.1, -0.05) is 66.7 Å². The third-order valence-electron chi connectivity index (χ3n) is 5.12. The molecule has 4 aromatic rings. The first-order valence-electron chi connectivity index (χ1n) is 9.14. The van der Waals surface area contributed by atoms with E-state index >= 15 is 0 Å². The van der Waals surface area contributed by atoms with Crippen LogP contribution in [0.15, 0.2) is 78.9 Å². The molecule has 0 spiro atoms. The Kier molecular flexibility index (Phi) is 3.72. The van der Waals surface area contributed by atoms with Gasteiger partial charge >= 0.3 is 0 Å². The fraction of sp³-hybridized carbons (Fsp3) is 0.0833. The van der Waals surface area contributed by atoms with Crippen molar-refractivity contribution in [3.8, 4) is 39.7 Å². The van der Waals surface area contributed by atoms with E-state index in [1.807, 2.05) is 36.4 Å². The Bertz CT molecular complexity index is 1120. The van der Waals surface area contributed by atoms with Gasteiger partial charge in [0.25, 0.3) is 0 Å². The third-order valence-corrected chi connectivity index (χ3v) is 5.12. The summed E-state index contributed by atoms with van der Waals surface area (Å²) in [6.07, 6.45) is 1.90. The van der Waals surface area contributed by atoms with Crippen molar-refractivity contribution < 1.29 is 5.11 Å². The summed E-state index contributed by atoms with van der Waals surface area (Å²) >= 11 is 0. The molecule has 1 aliphatic rings. The van der Waals surface area contributed by atoms with Gasteiger partial charge in [-0.3, -0.25) is 0 Å². The average Bonchev–Trinajstić information content (AvgIpc) is 2.74. The maximum absolute atomic E-state index is 10.3. The number of fused-ring (bicyclic) bond motifs is 3. The number of hydrogen-bond acceptors (Lipinski definition) is 3. The van der Waals surface area contributed by atoms with Crippen LogP contribution in [0, 0.1) is 0 Å². The zero-order valence-electron chi connectivity index (χ0n) is 14.8. The number of para-hydroxylation sites is 1. The highest BCUT2D eigenvalue weighted by Gasteiger charge is 2.23. The maximum Gasteiger partial charge on any atom is 0.164 e. The summed E-state index contributed by atoms with van der Waals surface area (Å²) in [6.45, 7) is 0. The molecule has 1 aromatic heterocycles. The minimum atomic E-state index is 0.195. The fourth-order valence-corrected chi connectivity index (χ4v) is 3.79. The number of phenols is 1. The first kappa shape index (κ1) is 15.8. The van der Waals surface area contributed by atoms with Gasteiger partial charge in [0.1, 0.15) is 5.75 Å². The lowest BCUT2D eigenvalue weighted by atomic mass is 9.86. The van der Waals surface area contributed by atoms with E-state index in [4.69, 9.17) is 9.97 Å². The van der Waals surface area contributed by atoms with Gasteiger partial charge in [0.05, 0.1) is 17.0 Å². The van der Waals surface area contributed by atoms with Crippen LogP contribution in [0.5, 0.6) is 5.75 Å². The molecule has 1 heterocycles. The Morgan fingerprint density at radius 2 is 1.30 bits per heavy atom. The molecule has 0 saturated carbocycles. The standard InChI is InChI=1S/C24H18N2O/c27-21-13-7-6-12-19(21)24-25-22(17-9-2-1-3-10-17)20-15-14-16-8-4-5-11-18(16)23(20)26-24/h1-13,27H,14-15H2. The van der Waals surface area contributed by atoms with Crippen LogP contribution in [-0.4, -0.2) is 15.1 Å². The van der Waals surface area contributed by atoms with Gasteiger partial charge < -0.3 is 5.11 Å². The monoisotopic (exact) mass is 350 g/mol. The minimum absolute atomic E-state index is 0.195. The number of aromatic hydroxyl groups is 1. The first-order chi connectivity index (χ1) is 13.3. The molecular weight excluding hydrogens is 332 g/mol. The summed E-state index contributed by atoms with van der Waals surface area (Å²) in [7, 11) is 0. The van der Waals surface area contributed by atoms with E-state index in [1.54, 1.807) is 6.07 Å². The lowest BCUT2D eigenvalue weighted by Crippen LogP contribution is -2.10. The number of aromatic nitrogens is 2. The number of benzene rings is 3. The van der Waals surface area contributed by atoms with Gasteiger partial charge in [0.2, 0.25) is 0 Å². The van der Waals surface area contributed by atoms with E-state index in [1.165, 1.54) is 11.1 Å². The summed E-state index contributed by atoms with van der Waals surface area (Å²) < 4.78 is 0. The first-order valence-corrected chi connectivity index (χ1v) is 9.14. The molecule has 1 N–H and O–H groups in total. The van der Waals surface area contributed by atoms with Crippen molar-refractivity contribution >= 4 is 0 Å². The smallest absolute Gasteiger partial charge is 0.164 e.